The number of fused-ring (bicyclic) bond motifs is 1. The minimum atomic E-state index is -0.721. The van der Waals surface area contributed by atoms with E-state index in [1.807, 2.05) is 0 Å². The predicted molar refractivity (Wildman–Crippen MR) is 65.2 cm³/mol. The van der Waals surface area contributed by atoms with Gasteiger partial charge < -0.3 is 15.0 Å². The number of aromatic amines is 1. The smallest absolute Gasteiger partial charge is 0.345 e. The molecule has 2 N–H and O–H groups in total. The van der Waals surface area contributed by atoms with Gasteiger partial charge in [0.2, 0.25) is 0 Å². The summed E-state index contributed by atoms with van der Waals surface area (Å²) >= 11 is 0. The fourth-order valence-corrected chi connectivity index (χ4v) is 1.61. The molecule has 0 aliphatic carbocycles. The van der Waals surface area contributed by atoms with Crippen LogP contribution in [0.4, 0.5) is 0 Å². The van der Waals surface area contributed by atoms with Gasteiger partial charge in [-0.1, -0.05) is 0 Å². The number of hydrogen-bond acceptors (Lipinski definition) is 5. The van der Waals surface area contributed by atoms with Gasteiger partial charge in [0.1, 0.15) is 11.9 Å². The fourth-order valence-electron chi connectivity index (χ4n) is 1.61. The van der Waals surface area contributed by atoms with Crippen LogP contribution in [0.3, 0.4) is 0 Å². The Morgan fingerprint density at radius 1 is 1.53 bits per heavy atom. The molecule has 19 heavy (non-hydrogen) atoms. The molecule has 0 radical (unpaired) electrons. The van der Waals surface area contributed by atoms with Gasteiger partial charge in [-0.05, 0) is 6.92 Å². The first-order valence-electron chi connectivity index (χ1n) is 5.58. The Hall–Kier alpha value is -2.64. The average Bonchev–Trinajstić information content (AvgIpc) is 2.83. The lowest BCUT2D eigenvalue weighted by Crippen LogP contribution is -2.24. The van der Waals surface area contributed by atoms with Crippen LogP contribution in [-0.2, 0) is 4.74 Å². The van der Waals surface area contributed by atoms with Crippen LogP contribution in [0.1, 0.15) is 27.8 Å². The standard InChI is InChI=1S/C11H12N4O4/c1-3-19-11(18)6-4-13-8-7(9(16)12-2)14-5-15(8)10(6)17/h4-5,13H,3H2,1-2H3,(H,12,16). The minimum Gasteiger partial charge on any atom is -0.462 e. The Morgan fingerprint density at radius 3 is 2.89 bits per heavy atom. The first-order valence-corrected chi connectivity index (χ1v) is 5.58. The third-order valence-electron chi connectivity index (χ3n) is 2.51. The maximum Gasteiger partial charge on any atom is 0.345 e. The van der Waals surface area contributed by atoms with Crippen molar-refractivity contribution in [3.05, 3.63) is 34.1 Å². The van der Waals surface area contributed by atoms with Crippen LogP contribution in [-0.4, -0.2) is 39.9 Å². The van der Waals surface area contributed by atoms with Crippen LogP contribution in [0.5, 0.6) is 0 Å². The van der Waals surface area contributed by atoms with Crippen LogP contribution in [0.2, 0.25) is 0 Å². The van der Waals surface area contributed by atoms with Gasteiger partial charge in [-0.3, -0.25) is 9.59 Å². The molecule has 0 unspecified atom stereocenters. The van der Waals surface area contributed by atoms with Gasteiger partial charge in [0, 0.05) is 13.2 Å². The van der Waals surface area contributed by atoms with E-state index in [-0.39, 0.29) is 23.5 Å². The number of nitrogens with one attached hydrogen (secondary N) is 2. The largest absolute Gasteiger partial charge is 0.462 e. The molecule has 2 aromatic rings. The summed E-state index contributed by atoms with van der Waals surface area (Å²) in [4.78, 5) is 41.7. The molecule has 2 heterocycles. The molecule has 0 saturated heterocycles. The fraction of sp³-hybridized carbons (Fsp3) is 0.273. The highest BCUT2D eigenvalue weighted by Crippen LogP contribution is 2.05. The van der Waals surface area contributed by atoms with Gasteiger partial charge in [-0.25, -0.2) is 14.2 Å². The predicted octanol–water partition coefficient (Wildman–Crippen LogP) is -0.441. The first kappa shape index (κ1) is 12.8. The van der Waals surface area contributed by atoms with Crippen molar-refractivity contribution in [1.82, 2.24) is 19.7 Å². The highest BCUT2D eigenvalue weighted by Gasteiger charge is 2.18. The molecule has 0 fully saturated rings. The topological polar surface area (TPSA) is 106 Å². The van der Waals surface area contributed by atoms with E-state index in [0.717, 1.165) is 4.40 Å². The van der Waals surface area contributed by atoms with E-state index in [9.17, 15) is 14.4 Å². The van der Waals surface area contributed by atoms with Crippen LogP contribution < -0.4 is 10.9 Å². The number of esters is 1. The number of H-pyrrole nitrogens is 1. The van der Waals surface area contributed by atoms with E-state index in [2.05, 4.69) is 15.3 Å². The highest BCUT2D eigenvalue weighted by atomic mass is 16.5. The SMILES string of the molecule is CCOC(=O)c1c[nH]c2c(C(=O)NC)ncn2c1=O. The van der Waals surface area contributed by atoms with Crippen LogP contribution >= 0.6 is 0 Å². The molecule has 8 heteroatoms. The number of hydrogen-bond donors (Lipinski definition) is 2. The van der Waals surface area contributed by atoms with Gasteiger partial charge in [0.15, 0.2) is 11.3 Å². The molecule has 100 valence electrons. The molecule has 0 aliphatic rings. The number of ether oxygens (including phenoxy) is 1. The number of carbonyl (C=O) groups is 2. The van der Waals surface area contributed by atoms with Crippen molar-refractivity contribution in [2.75, 3.05) is 13.7 Å². The first-order chi connectivity index (χ1) is 9.10. The zero-order valence-corrected chi connectivity index (χ0v) is 10.4. The number of carbonyl (C=O) groups excluding carboxylic acids is 2. The normalized spacial score (nSPS) is 10.4. The van der Waals surface area contributed by atoms with Gasteiger partial charge in [0.05, 0.1) is 6.61 Å². The summed E-state index contributed by atoms with van der Waals surface area (Å²) in [7, 11) is 1.46. The van der Waals surface area contributed by atoms with Crippen molar-refractivity contribution < 1.29 is 14.3 Å². The quantitative estimate of drug-likeness (QED) is 0.731. The Bertz CT molecular complexity index is 700. The lowest BCUT2D eigenvalue weighted by Gasteiger charge is -2.02. The second-order valence-electron chi connectivity index (χ2n) is 3.62. The Labute approximate surface area is 107 Å². The van der Waals surface area contributed by atoms with E-state index in [4.69, 9.17) is 4.74 Å². The molecular weight excluding hydrogens is 252 g/mol. The second-order valence-corrected chi connectivity index (χ2v) is 3.62. The molecule has 0 aliphatic heterocycles. The number of amides is 1. The molecule has 0 aromatic carbocycles. The molecule has 0 bridgehead atoms. The third kappa shape index (κ3) is 2.07. The molecule has 2 rings (SSSR count). The monoisotopic (exact) mass is 264 g/mol. The molecule has 1 amide bonds. The zero-order chi connectivity index (χ0) is 14.0. The average molecular weight is 264 g/mol. The maximum atomic E-state index is 12.0. The summed E-state index contributed by atoms with van der Waals surface area (Å²) in [6, 6.07) is 0. The van der Waals surface area contributed by atoms with Crippen molar-refractivity contribution in [3.8, 4) is 0 Å². The van der Waals surface area contributed by atoms with E-state index in [0.29, 0.717) is 0 Å². The van der Waals surface area contributed by atoms with E-state index in [1.54, 1.807) is 6.92 Å². The van der Waals surface area contributed by atoms with E-state index in [1.165, 1.54) is 19.6 Å². The summed E-state index contributed by atoms with van der Waals surface area (Å²) in [6.45, 7) is 1.81. The molecular formula is C11H12N4O4. The third-order valence-corrected chi connectivity index (χ3v) is 2.51. The van der Waals surface area contributed by atoms with Crippen LogP contribution in [0.15, 0.2) is 17.3 Å². The summed E-state index contributed by atoms with van der Waals surface area (Å²) in [6.07, 6.45) is 2.39. The highest BCUT2D eigenvalue weighted by molar-refractivity contribution is 5.98. The van der Waals surface area contributed by atoms with Gasteiger partial charge >= 0.3 is 5.97 Å². The van der Waals surface area contributed by atoms with Gasteiger partial charge in [0.25, 0.3) is 11.5 Å². The number of aromatic nitrogens is 3. The molecule has 0 saturated carbocycles. The Balaban J connectivity index is 2.59. The molecule has 0 spiro atoms. The Kier molecular flexibility index (Phi) is 3.32. The maximum absolute atomic E-state index is 12.0. The number of nitrogens with zero attached hydrogens (tertiary/aromatic N) is 2. The van der Waals surface area contributed by atoms with Crippen molar-refractivity contribution in [2.45, 2.75) is 6.92 Å². The minimum absolute atomic E-state index is 0.0787. The zero-order valence-electron chi connectivity index (χ0n) is 10.4. The summed E-state index contributed by atoms with van der Waals surface area (Å²) in [5.41, 5.74) is -0.433. The second kappa shape index (κ2) is 4.92. The molecule has 0 atom stereocenters. The van der Waals surface area contributed by atoms with Crippen molar-refractivity contribution in [3.63, 3.8) is 0 Å². The van der Waals surface area contributed by atoms with Crippen molar-refractivity contribution >= 4 is 17.5 Å². The summed E-state index contributed by atoms with van der Waals surface area (Å²) in [5.74, 6) is -1.15. The summed E-state index contributed by atoms with van der Waals surface area (Å²) < 4.78 is 5.86. The van der Waals surface area contributed by atoms with Crippen LogP contribution in [0, 0.1) is 0 Å². The number of imidazole rings is 1. The van der Waals surface area contributed by atoms with E-state index < -0.39 is 17.4 Å². The van der Waals surface area contributed by atoms with Crippen molar-refractivity contribution in [2.24, 2.45) is 0 Å². The van der Waals surface area contributed by atoms with Crippen molar-refractivity contribution in [1.29, 1.82) is 0 Å². The lowest BCUT2D eigenvalue weighted by molar-refractivity contribution is 0.0523. The molecule has 2 aromatic heterocycles. The lowest BCUT2D eigenvalue weighted by atomic mass is 10.3. The Morgan fingerprint density at radius 2 is 2.26 bits per heavy atom. The van der Waals surface area contributed by atoms with Gasteiger partial charge in [-0.15, -0.1) is 0 Å². The summed E-state index contributed by atoms with van der Waals surface area (Å²) in [5, 5.41) is 2.41. The number of rotatable bonds is 3. The van der Waals surface area contributed by atoms with E-state index >= 15 is 0 Å². The van der Waals surface area contributed by atoms with Crippen LogP contribution in [0.25, 0.3) is 5.65 Å². The van der Waals surface area contributed by atoms with Gasteiger partial charge in [-0.2, -0.15) is 0 Å². The molecule has 8 nitrogen and oxygen atoms in total.